The molecule has 3 aliphatic rings. The van der Waals surface area contributed by atoms with Gasteiger partial charge < -0.3 is 20.9 Å². The van der Waals surface area contributed by atoms with E-state index in [9.17, 15) is 4.79 Å². The number of anilines is 1. The lowest BCUT2D eigenvalue weighted by Gasteiger charge is -2.34. The highest BCUT2D eigenvalue weighted by Crippen LogP contribution is 2.36. The first-order chi connectivity index (χ1) is 11.2. The van der Waals surface area contributed by atoms with E-state index in [2.05, 4.69) is 26.5 Å². The Morgan fingerprint density at radius 1 is 1.30 bits per heavy atom. The van der Waals surface area contributed by atoms with Crippen molar-refractivity contribution >= 4 is 11.7 Å². The lowest BCUT2D eigenvalue weighted by atomic mass is 9.94. The van der Waals surface area contributed by atoms with E-state index >= 15 is 0 Å². The average molecular weight is 318 g/mol. The Balaban J connectivity index is 1.43. The maximum absolute atomic E-state index is 12.5. The minimum absolute atomic E-state index is 0.143. The number of piperazine rings is 1. The van der Waals surface area contributed by atoms with Gasteiger partial charge in [-0.25, -0.2) is 0 Å². The smallest absolute Gasteiger partial charge is 0.242 e. The van der Waals surface area contributed by atoms with Crippen molar-refractivity contribution in [1.82, 2.24) is 20.4 Å². The van der Waals surface area contributed by atoms with Crippen LogP contribution in [0.2, 0.25) is 0 Å². The molecule has 23 heavy (non-hydrogen) atoms. The lowest BCUT2D eigenvalue weighted by Crippen LogP contribution is -2.49. The predicted octanol–water partition coefficient (Wildman–Crippen LogP) is 0.0166. The van der Waals surface area contributed by atoms with E-state index in [1.807, 2.05) is 4.90 Å². The van der Waals surface area contributed by atoms with Gasteiger partial charge in [-0.05, 0) is 25.7 Å². The fourth-order valence-electron chi connectivity index (χ4n) is 3.67. The third kappa shape index (κ3) is 2.95. The molecule has 1 unspecified atom stereocenters. The summed E-state index contributed by atoms with van der Waals surface area (Å²) < 4.78 is 0. The van der Waals surface area contributed by atoms with Crippen molar-refractivity contribution in [2.24, 2.45) is 5.73 Å². The van der Waals surface area contributed by atoms with Gasteiger partial charge in [-0.3, -0.25) is 9.89 Å². The number of aromatic nitrogens is 2. The zero-order chi connectivity index (χ0) is 15.9. The number of likely N-dealkylation sites (tertiary alicyclic amines) is 1. The standard InChI is InChI=1S/C16H26N6O/c17-16(3-4-16)15(23)22-7-1-2-12(11-22)13-10-14(20-19-13)21-8-5-18-6-9-21/h10,12,18H,1-9,11,17H2,(H,19,20). The third-order valence-electron chi connectivity index (χ3n) is 5.39. The van der Waals surface area contributed by atoms with Gasteiger partial charge in [0, 0.05) is 56.9 Å². The Morgan fingerprint density at radius 3 is 2.83 bits per heavy atom. The normalized spacial score (nSPS) is 27.1. The summed E-state index contributed by atoms with van der Waals surface area (Å²) in [5.74, 6) is 1.52. The molecule has 0 radical (unpaired) electrons. The summed E-state index contributed by atoms with van der Waals surface area (Å²) in [4.78, 5) is 16.7. The second-order valence-electron chi connectivity index (χ2n) is 7.16. The Hall–Kier alpha value is -1.60. The van der Waals surface area contributed by atoms with E-state index in [4.69, 9.17) is 5.73 Å². The van der Waals surface area contributed by atoms with Crippen LogP contribution in [0.3, 0.4) is 0 Å². The fraction of sp³-hybridized carbons (Fsp3) is 0.750. The maximum Gasteiger partial charge on any atom is 0.242 e. The highest BCUT2D eigenvalue weighted by atomic mass is 16.2. The van der Waals surface area contributed by atoms with Crippen LogP contribution in [0.4, 0.5) is 5.82 Å². The van der Waals surface area contributed by atoms with E-state index in [-0.39, 0.29) is 5.91 Å². The first-order valence-corrected chi connectivity index (χ1v) is 8.75. The van der Waals surface area contributed by atoms with Crippen molar-refractivity contribution in [3.8, 4) is 0 Å². The van der Waals surface area contributed by atoms with Crippen molar-refractivity contribution in [3.63, 3.8) is 0 Å². The number of aromatic amines is 1. The van der Waals surface area contributed by atoms with E-state index in [1.54, 1.807) is 0 Å². The van der Waals surface area contributed by atoms with Gasteiger partial charge >= 0.3 is 0 Å². The van der Waals surface area contributed by atoms with Crippen LogP contribution in [0, 0.1) is 0 Å². The number of piperidine rings is 1. The predicted molar refractivity (Wildman–Crippen MR) is 88.4 cm³/mol. The van der Waals surface area contributed by atoms with Gasteiger partial charge in [-0.1, -0.05) is 0 Å². The molecule has 126 valence electrons. The molecule has 1 amide bonds. The largest absolute Gasteiger partial charge is 0.353 e. The molecule has 0 bridgehead atoms. The first-order valence-electron chi connectivity index (χ1n) is 8.75. The summed E-state index contributed by atoms with van der Waals surface area (Å²) in [6.45, 7) is 5.61. The summed E-state index contributed by atoms with van der Waals surface area (Å²) in [6, 6.07) is 2.17. The van der Waals surface area contributed by atoms with Crippen LogP contribution < -0.4 is 16.0 Å². The quantitative estimate of drug-likeness (QED) is 0.731. The topological polar surface area (TPSA) is 90.3 Å². The molecule has 7 nitrogen and oxygen atoms in total. The Bertz CT molecular complexity index is 575. The number of nitrogens with zero attached hydrogens (tertiary/aromatic N) is 3. The molecule has 3 heterocycles. The van der Waals surface area contributed by atoms with E-state index in [1.165, 1.54) is 0 Å². The lowest BCUT2D eigenvalue weighted by molar-refractivity contribution is -0.134. The van der Waals surface area contributed by atoms with Crippen molar-refractivity contribution in [3.05, 3.63) is 11.8 Å². The number of nitrogens with two attached hydrogens (primary N) is 1. The molecule has 1 aliphatic carbocycles. The molecule has 7 heteroatoms. The summed E-state index contributed by atoms with van der Waals surface area (Å²) in [6.07, 6.45) is 3.81. The Labute approximate surface area is 136 Å². The van der Waals surface area contributed by atoms with Gasteiger partial charge in [0.25, 0.3) is 0 Å². The van der Waals surface area contributed by atoms with Crippen molar-refractivity contribution in [1.29, 1.82) is 0 Å². The van der Waals surface area contributed by atoms with Gasteiger partial charge in [-0.15, -0.1) is 0 Å². The SMILES string of the molecule is NC1(C(=O)N2CCCC(c3cc(N4CCNCC4)n[nH]3)C2)CC1. The van der Waals surface area contributed by atoms with Crippen LogP contribution in [-0.4, -0.2) is 65.8 Å². The van der Waals surface area contributed by atoms with Gasteiger partial charge in [0.05, 0.1) is 5.54 Å². The Kier molecular flexibility index (Phi) is 3.77. The number of carbonyl (C=O) groups is 1. The zero-order valence-electron chi connectivity index (χ0n) is 13.6. The van der Waals surface area contributed by atoms with Crippen LogP contribution in [0.25, 0.3) is 0 Å². The average Bonchev–Trinajstić information content (AvgIpc) is 3.16. The molecule has 2 aliphatic heterocycles. The monoisotopic (exact) mass is 318 g/mol. The van der Waals surface area contributed by atoms with Gasteiger partial charge in [0.2, 0.25) is 5.91 Å². The molecule has 1 aromatic rings. The van der Waals surface area contributed by atoms with E-state index in [0.717, 1.165) is 76.5 Å². The number of hydrogen-bond donors (Lipinski definition) is 3. The molecular weight excluding hydrogens is 292 g/mol. The first kappa shape index (κ1) is 15.0. The zero-order valence-corrected chi connectivity index (χ0v) is 13.6. The van der Waals surface area contributed by atoms with Crippen molar-refractivity contribution < 1.29 is 4.79 Å². The molecule has 4 N–H and O–H groups in total. The van der Waals surface area contributed by atoms with Crippen LogP contribution in [-0.2, 0) is 4.79 Å². The van der Waals surface area contributed by atoms with Crippen LogP contribution in [0.15, 0.2) is 6.07 Å². The number of hydrogen-bond acceptors (Lipinski definition) is 5. The van der Waals surface area contributed by atoms with E-state index < -0.39 is 5.54 Å². The molecule has 4 rings (SSSR count). The minimum Gasteiger partial charge on any atom is -0.353 e. The van der Waals surface area contributed by atoms with Crippen LogP contribution in [0.1, 0.15) is 37.3 Å². The summed E-state index contributed by atoms with van der Waals surface area (Å²) in [7, 11) is 0. The number of rotatable bonds is 3. The van der Waals surface area contributed by atoms with Gasteiger partial charge in [-0.2, -0.15) is 5.10 Å². The van der Waals surface area contributed by atoms with Gasteiger partial charge in [0.1, 0.15) is 0 Å². The van der Waals surface area contributed by atoms with Crippen molar-refractivity contribution in [2.75, 3.05) is 44.2 Å². The molecule has 0 spiro atoms. The van der Waals surface area contributed by atoms with Gasteiger partial charge in [0.15, 0.2) is 5.82 Å². The summed E-state index contributed by atoms with van der Waals surface area (Å²) >= 11 is 0. The maximum atomic E-state index is 12.5. The number of carbonyl (C=O) groups excluding carboxylic acids is 1. The van der Waals surface area contributed by atoms with Crippen LogP contribution in [0.5, 0.6) is 0 Å². The molecule has 3 fully saturated rings. The highest BCUT2D eigenvalue weighted by molar-refractivity contribution is 5.89. The summed E-state index contributed by atoms with van der Waals surface area (Å²) in [5.41, 5.74) is 6.68. The molecule has 2 saturated heterocycles. The Morgan fingerprint density at radius 2 is 2.09 bits per heavy atom. The molecule has 1 saturated carbocycles. The molecule has 1 aromatic heterocycles. The third-order valence-corrected chi connectivity index (χ3v) is 5.39. The van der Waals surface area contributed by atoms with Crippen LogP contribution >= 0.6 is 0 Å². The second kappa shape index (κ2) is 5.79. The molecule has 1 atom stereocenters. The second-order valence-corrected chi connectivity index (χ2v) is 7.16. The molecular formula is C16H26N6O. The number of H-pyrrole nitrogens is 1. The van der Waals surface area contributed by atoms with E-state index in [0.29, 0.717) is 5.92 Å². The molecule has 0 aromatic carbocycles. The number of amides is 1. The minimum atomic E-state index is -0.554. The highest BCUT2D eigenvalue weighted by Gasteiger charge is 2.48. The van der Waals surface area contributed by atoms with Crippen molar-refractivity contribution in [2.45, 2.75) is 37.1 Å². The summed E-state index contributed by atoms with van der Waals surface area (Å²) in [5, 5.41) is 11.1. The number of nitrogens with one attached hydrogen (secondary N) is 2. The fourth-order valence-corrected chi connectivity index (χ4v) is 3.67.